The number of carbonyl (C=O) groups excluding carboxylic acids is 1. The van der Waals surface area contributed by atoms with E-state index in [1.54, 1.807) is 7.11 Å². The van der Waals surface area contributed by atoms with Gasteiger partial charge in [0.25, 0.3) is 0 Å². The summed E-state index contributed by atoms with van der Waals surface area (Å²) in [6, 6.07) is 16.0. The van der Waals surface area contributed by atoms with E-state index in [0.717, 1.165) is 49.8 Å². The number of para-hydroxylation sites is 1. The zero-order chi connectivity index (χ0) is 19.8. The van der Waals surface area contributed by atoms with Crippen LogP contribution >= 0.6 is 0 Å². The first-order chi connectivity index (χ1) is 13.7. The van der Waals surface area contributed by atoms with Crippen LogP contribution in [0.1, 0.15) is 17.5 Å². The van der Waals surface area contributed by atoms with Crippen LogP contribution in [-0.4, -0.2) is 62.1 Å². The second kappa shape index (κ2) is 10.1. The predicted octanol–water partition coefficient (Wildman–Crippen LogP) is 3.16. The van der Waals surface area contributed by atoms with Gasteiger partial charge >= 0.3 is 0 Å². The van der Waals surface area contributed by atoms with Crippen molar-refractivity contribution in [3.8, 4) is 11.5 Å². The Kier molecular flexibility index (Phi) is 7.31. The smallest absolute Gasteiger partial charge is 0.222 e. The molecule has 0 bridgehead atoms. The van der Waals surface area contributed by atoms with Gasteiger partial charge in [0.15, 0.2) is 0 Å². The van der Waals surface area contributed by atoms with Crippen molar-refractivity contribution in [2.24, 2.45) is 0 Å². The summed E-state index contributed by atoms with van der Waals surface area (Å²) in [6.07, 6.45) is 1.24. The quantitative estimate of drug-likeness (QED) is 0.703. The molecule has 1 aliphatic rings. The van der Waals surface area contributed by atoms with Gasteiger partial charge in [-0.1, -0.05) is 30.3 Å². The van der Waals surface area contributed by atoms with Crippen molar-refractivity contribution < 1.29 is 14.3 Å². The molecule has 1 amide bonds. The fraction of sp³-hybridized carbons (Fsp3) is 0.435. The maximum Gasteiger partial charge on any atom is 0.222 e. The highest BCUT2D eigenvalue weighted by Gasteiger charge is 2.21. The average Bonchev–Trinajstić information content (AvgIpc) is 2.73. The minimum atomic E-state index is 0.224. The number of aryl methyl sites for hydroxylation is 2. The largest absolute Gasteiger partial charge is 0.496 e. The SMILES string of the molecule is COc1ccccc1CCC(=O)N1CCN(CCOc2cccc(C)c2)CC1. The van der Waals surface area contributed by atoms with E-state index in [9.17, 15) is 4.79 Å². The number of piperazine rings is 1. The molecule has 150 valence electrons. The van der Waals surface area contributed by atoms with Gasteiger partial charge < -0.3 is 14.4 Å². The van der Waals surface area contributed by atoms with Gasteiger partial charge in [-0.3, -0.25) is 9.69 Å². The van der Waals surface area contributed by atoms with E-state index in [0.29, 0.717) is 19.4 Å². The minimum absolute atomic E-state index is 0.224. The van der Waals surface area contributed by atoms with Crippen LogP contribution in [0.15, 0.2) is 48.5 Å². The summed E-state index contributed by atoms with van der Waals surface area (Å²) in [4.78, 5) is 16.9. The van der Waals surface area contributed by atoms with Gasteiger partial charge in [-0.15, -0.1) is 0 Å². The third kappa shape index (κ3) is 5.73. The highest BCUT2D eigenvalue weighted by Crippen LogP contribution is 2.19. The highest BCUT2D eigenvalue weighted by atomic mass is 16.5. The molecule has 3 rings (SSSR count). The maximum absolute atomic E-state index is 12.6. The summed E-state index contributed by atoms with van der Waals surface area (Å²) in [5.74, 6) is 2.00. The number of rotatable bonds is 8. The minimum Gasteiger partial charge on any atom is -0.496 e. The number of benzene rings is 2. The van der Waals surface area contributed by atoms with Gasteiger partial charge in [0, 0.05) is 39.1 Å². The Labute approximate surface area is 167 Å². The summed E-state index contributed by atoms with van der Waals surface area (Å²) in [7, 11) is 1.67. The number of amides is 1. The average molecular weight is 383 g/mol. The number of hydrogen-bond donors (Lipinski definition) is 0. The van der Waals surface area contributed by atoms with E-state index in [1.807, 2.05) is 41.3 Å². The molecule has 0 spiro atoms. The van der Waals surface area contributed by atoms with E-state index in [4.69, 9.17) is 9.47 Å². The van der Waals surface area contributed by atoms with E-state index < -0.39 is 0 Å². The van der Waals surface area contributed by atoms with Gasteiger partial charge in [0.05, 0.1) is 7.11 Å². The first-order valence-electron chi connectivity index (χ1n) is 9.97. The van der Waals surface area contributed by atoms with Gasteiger partial charge in [-0.05, 0) is 42.7 Å². The fourth-order valence-electron chi connectivity index (χ4n) is 3.53. The first-order valence-corrected chi connectivity index (χ1v) is 9.97. The van der Waals surface area contributed by atoms with E-state index >= 15 is 0 Å². The third-order valence-electron chi connectivity index (χ3n) is 5.19. The molecule has 1 saturated heterocycles. The predicted molar refractivity (Wildman–Crippen MR) is 111 cm³/mol. The monoisotopic (exact) mass is 382 g/mol. The molecule has 0 aromatic heterocycles. The van der Waals surface area contributed by atoms with Gasteiger partial charge in [-0.2, -0.15) is 0 Å². The zero-order valence-corrected chi connectivity index (χ0v) is 16.9. The molecule has 2 aromatic carbocycles. The zero-order valence-electron chi connectivity index (χ0n) is 16.9. The van der Waals surface area contributed by atoms with Crippen molar-refractivity contribution in [1.29, 1.82) is 0 Å². The normalized spacial score (nSPS) is 14.7. The summed E-state index contributed by atoms with van der Waals surface area (Å²) >= 11 is 0. The van der Waals surface area contributed by atoms with Crippen LogP contribution in [0, 0.1) is 6.92 Å². The fourth-order valence-corrected chi connectivity index (χ4v) is 3.53. The molecule has 1 fully saturated rings. The lowest BCUT2D eigenvalue weighted by atomic mass is 10.1. The molecule has 28 heavy (non-hydrogen) atoms. The molecule has 0 atom stereocenters. The van der Waals surface area contributed by atoms with E-state index in [-0.39, 0.29) is 5.91 Å². The standard InChI is InChI=1S/C23H30N2O3/c1-19-6-5-8-21(18-19)28-17-16-24-12-14-25(15-13-24)23(26)11-10-20-7-3-4-9-22(20)27-2/h3-9,18H,10-17H2,1-2H3. The van der Waals surface area contributed by atoms with Crippen molar-refractivity contribution in [2.75, 3.05) is 46.4 Å². The van der Waals surface area contributed by atoms with Gasteiger partial charge in [0.1, 0.15) is 18.1 Å². The maximum atomic E-state index is 12.6. The molecule has 0 aliphatic carbocycles. The molecule has 0 radical (unpaired) electrons. The van der Waals surface area contributed by atoms with Crippen molar-refractivity contribution in [3.05, 3.63) is 59.7 Å². The number of methoxy groups -OCH3 is 1. The number of hydrogen-bond acceptors (Lipinski definition) is 4. The Bertz CT molecular complexity index is 770. The molecule has 5 heteroatoms. The number of carbonyl (C=O) groups is 1. The molecule has 1 heterocycles. The molecule has 0 unspecified atom stereocenters. The van der Waals surface area contributed by atoms with Crippen molar-refractivity contribution in [1.82, 2.24) is 9.80 Å². The van der Waals surface area contributed by atoms with Gasteiger partial charge in [-0.25, -0.2) is 0 Å². The van der Waals surface area contributed by atoms with Crippen molar-refractivity contribution in [3.63, 3.8) is 0 Å². The number of ether oxygens (including phenoxy) is 2. The summed E-state index contributed by atoms with van der Waals surface area (Å²) in [5.41, 5.74) is 2.29. The summed E-state index contributed by atoms with van der Waals surface area (Å²) in [6.45, 7) is 7.00. The molecule has 0 N–H and O–H groups in total. The Balaban J connectivity index is 1.37. The van der Waals surface area contributed by atoms with Crippen LogP contribution in [0.3, 0.4) is 0 Å². The Hall–Kier alpha value is -2.53. The summed E-state index contributed by atoms with van der Waals surface area (Å²) in [5, 5.41) is 0. The molecule has 0 saturated carbocycles. The second-order valence-corrected chi connectivity index (χ2v) is 7.20. The van der Waals surface area contributed by atoms with E-state index in [2.05, 4.69) is 24.0 Å². The first kappa shape index (κ1) is 20.2. The second-order valence-electron chi connectivity index (χ2n) is 7.20. The van der Waals surface area contributed by atoms with Crippen LogP contribution in [0.4, 0.5) is 0 Å². The number of nitrogens with zero attached hydrogens (tertiary/aromatic N) is 2. The molecule has 5 nitrogen and oxygen atoms in total. The van der Waals surface area contributed by atoms with Crippen LogP contribution in [0.25, 0.3) is 0 Å². The Morgan fingerprint density at radius 1 is 1.04 bits per heavy atom. The van der Waals surface area contributed by atoms with Crippen LogP contribution in [-0.2, 0) is 11.2 Å². The lowest BCUT2D eigenvalue weighted by molar-refractivity contribution is -0.132. The third-order valence-corrected chi connectivity index (χ3v) is 5.19. The van der Waals surface area contributed by atoms with Crippen LogP contribution < -0.4 is 9.47 Å². The molecular weight excluding hydrogens is 352 g/mol. The van der Waals surface area contributed by atoms with Crippen molar-refractivity contribution in [2.45, 2.75) is 19.8 Å². The molecule has 2 aromatic rings. The lowest BCUT2D eigenvalue weighted by Gasteiger charge is -2.34. The van der Waals surface area contributed by atoms with E-state index in [1.165, 1.54) is 5.56 Å². The van der Waals surface area contributed by atoms with Crippen LogP contribution in [0.5, 0.6) is 11.5 Å². The molecule has 1 aliphatic heterocycles. The lowest BCUT2D eigenvalue weighted by Crippen LogP contribution is -2.49. The highest BCUT2D eigenvalue weighted by molar-refractivity contribution is 5.76. The van der Waals surface area contributed by atoms with Crippen LogP contribution in [0.2, 0.25) is 0 Å². The topological polar surface area (TPSA) is 42.0 Å². The summed E-state index contributed by atoms with van der Waals surface area (Å²) < 4.78 is 11.2. The Morgan fingerprint density at radius 2 is 1.82 bits per heavy atom. The molecular formula is C23H30N2O3. The van der Waals surface area contributed by atoms with Gasteiger partial charge in [0.2, 0.25) is 5.91 Å². The van der Waals surface area contributed by atoms with Crippen molar-refractivity contribution >= 4 is 5.91 Å². The Morgan fingerprint density at radius 3 is 2.57 bits per heavy atom.